The zero-order chi connectivity index (χ0) is 24.9. The number of hydrogen-bond acceptors (Lipinski definition) is 6. The number of carbonyl (C=O) groups is 4. The lowest BCUT2D eigenvalue weighted by atomic mass is 9.82. The molecule has 2 rings (SSSR count). The summed E-state index contributed by atoms with van der Waals surface area (Å²) in [4.78, 5) is 48.0. The molecule has 0 aliphatic heterocycles. The van der Waals surface area contributed by atoms with Crippen LogP contribution in [0.2, 0.25) is 0 Å². The van der Waals surface area contributed by atoms with Crippen LogP contribution in [0, 0.1) is 23.7 Å². The summed E-state index contributed by atoms with van der Waals surface area (Å²) in [5.41, 5.74) is 2.75. The van der Waals surface area contributed by atoms with Crippen molar-refractivity contribution < 1.29 is 23.9 Å². The first kappa shape index (κ1) is 27.3. The van der Waals surface area contributed by atoms with Crippen LogP contribution in [0.3, 0.4) is 0 Å². The Bertz CT molecular complexity index is 848. The first-order chi connectivity index (χ1) is 14.8. The molecular formula is C26H37NO5. The van der Waals surface area contributed by atoms with E-state index in [0.29, 0.717) is 28.0 Å². The molecule has 2 aliphatic rings. The number of allylic oxidation sites excluding steroid dienone is 6. The summed E-state index contributed by atoms with van der Waals surface area (Å²) in [6.07, 6.45) is 2.86. The van der Waals surface area contributed by atoms with Gasteiger partial charge in [0.15, 0.2) is 17.3 Å². The summed E-state index contributed by atoms with van der Waals surface area (Å²) in [6, 6.07) is 0. The Hall–Kier alpha value is -2.76. The Balaban J connectivity index is 0.000000320. The van der Waals surface area contributed by atoms with Crippen molar-refractivity contribution in [3.63, 3.8) is 0 Å². The van der Waals surface area contributed by atoms with Gasteiger partial charge in [-0.05, 0) is 35.8 Å². The number of ether oxygens (including phenoxy) is 1. The van der Waals surface area contributed by atoms with Crippen molar-refractivity contribution in [2.75, 3.05) is 14.2 Å². The molecular weight excluding hydrogens is 406 g/mol. The highest BCUT2D eigenvalue weighted by atomic mass is 16.5. The first-order valence-electron chi connectivity index (χ1n) is 11.1. The predicted molar refractivity (Wildman–Crippen MR) is 126 cm³/mol. The zero-order valence-corrected chi connectivity index (χ0v) is 21.0. The summed E-state index contributed by atoms with van der Waals surface area (Å²) in [6.45, 7) is 15.3. The molecule has 0 atom stereocenters. The van der Waals surface area contributed by atoms with Gasteiger partial charge in [-0.2, -0.15) is 0 Å². The van der Waals surface area contributed by atoms with Crippen LogP contribution in [0.15, 0.2) is 45.9 Å². The van der Waals surface area contributed by atoms with Gasteiger partial charge in [0.1, 0.15) is 0 Å². The molecule has 0 unspecified atom stereocenters. The minimum absolute atomic E-state index is 0.00569. The number of nitrogens with one attached hydrogen (secondary N) is 1. The molecule has 0 spiro atoms. The minimum atomic E-state index is -0.200. The van der Waals surface area contributed by atoms with Crippen molar-refractivity contribution in [2.45, 2.75) is 55.4 Å². The van der Waals surface area contributed by atoms with E-state index in [1.54, 1.807) is 7.05 Å². The highest BCUT2D eigenvalue weighted by molar-refractivity contribution is 6.23. The van der Waals surface area contributed by atoms with E-state index in [0.717, 1.165) is 0 Å². The predicted octanol–water partition coefficient (Wildman–Crippen LogP) is 4.13. The van der Waals surface area contributed by atoms with Crippen LogP contribution >= 0.6 is 0 Å². The van der Waals surface area contributed by atoms with Gasteiger partial charge in [0.25, 0.3) is 0 Å². The topological polar surface area (TPSA) is 89.5 Å². The van der Waals surface area contributed by atoms with Gasteiger partial charge in [0, 0.05) is 29.3 Å². The van der Waals surface area contributed by atoms with Crippen LogP contribution in [-0.4, -0.2) is 37.3 Å². The maximum Gasteiger partial charge on any atom is 0.221 e. The third kappa shape index (κ3) is 5.72. The van der Waals surface area contributed by atoms with Crippen molar-refractivity contribution in [3.05, 3.63) is 45.9 Å². The van der Waals surface area contributed by atoms with Crippen LogP contribution in [0.4, 0.5) is 0 Å². The molecule has 2 aliphatic carbocycles. The number of rotatable bonds is 6. The standard InChI is InChI=1S/C13H19NO2.C13H18O3/c1-7(2)9-6-10(15)12(14-5)11(8(3)4)13(9)16;1-7(2)9-6-10(14)13(16-5)11(8(3)4)12(9)15/h6-8,14H,1-5H3;6-8H,1-5H3. The van der Waals surface area contributed by atoms with Crippen molar-refractivity contribution >= 4 is 23.1 Å². The number of carbonyl (C=O) groups excluding carboxylic acids is 4. The smallest absolute Gasteiger partial charge is 0.221 e. The van der Waals surface area contributed by atoms with Crippen LogP contribution in [0.25, 0.3) is 0 Å². The lowest BCUT2D eigenvalue weighted by molar-refractivity contribution is -0.118. The molecule has 0 heterocycles. The molecule has 0 radical (unpaired) electrons. The molecule has 6 nitrogen and oxygen atoms in total. The Labute approximate surface area is 191 Å². The summed E-state index contributed by atoms with van der Waals surface area (Å²) in [5, 5.41) is 2.84. The second-order valence-electron chi connectivity index (χ2n) is 9.19. The van der Waals surface area contributed by atoms with Crippen molar-refractivity contribution in [1.29, 1.82) is 0 Å². The molecule has 32 heavy (non-hydrogen) atoms. The lowest BCUT2D eigenvalue weighted by Crippen LogP contribution is -2.30. The van der Waals surface area contributed by atoms with Gasteiger partial charge >= 0.3 is 0 Å². The van der Waals surface area contributed by atoms with Gasteiger partial charge in [0.2, 0.25) is 11.6 Å². The molecule has 0 fully saturated rings. The number of likely N-dealkylation sites (N-methyl/N-ethyl adjacent to an activating group) is 1. The Morgan fingerprint density at radius 3 is 1.41 bits per heavy atom. The summed E-state index contributed by atoms with van der Waals surface area (Å²) in [5.74, 6) is 0.0613. The molecule has 0 saturated carbocycles. The molecule has 0 bridgehead atoms. The fourth-order valence-electron chi connectivity index (χ4n) is 3.75. The molecule has 0 aromatic rings. The Morgan fingerprint density at radius 2 is 1.06 bits per heavy atom. The second kappa shape index (κ2) is 11.2. The number of methoxy groups -OCH3 is 1. The highest BCUT2D eigenvalue weighted by Gasteiger charge is 2.32. The number of hydrogen-bond donors (Lipinski definition) is 1. The molecule has 0 saturated heterocycles. The van der Waals surface area contributed by atoms with Crippen LogP contribution in [-0.2, 0) is 23.9 Å². The highest BCUT2D eigenvalue weighted by Crippen LogP contribution is 2.29. The monoisotopic (exact) mass is 443 g/mol. The number of ketones is 4. The summed E-state index contributed by atoms with van der Waals surface area (Å²) in [7, 11) is 3.11. The summed E-state index contributed by atoms with van der Waals surface area (Å²) < 4.78 is 5.04. The maximum absolute atomic E-state index is 12.2. The molecule has 0 aromatic carbocycles. The fraction of sp³-hybridized carbons (Fsp3) is 0.538. The van der Waals surface area contributed by atoms with Gasteiger partial charge < -0.3 is 10.1 Å². The van der Waals surface area contributed by atoms with E-state index in [1.165, 1.54) is 19.3 Å². The minimum Gasteiger partial charge on any atom is -0.492 e. The van der Waals surface area contributed by atoms with E-state index in [4.69, 9.17) is 4.74 Å². The van der Waals surface area contributed by atoms with E-state index in [2.05, 4.69) is 5.32 Å². The van der Waals surface area contributed by atoms with E-state index >= 15 is 0 Å². The quantitative estimate of drug-likeness (QED) is 0.621. The zero-order valence-electron chi connectivity index (χ0n) is 21.0. The largest absolute Gasteiger partial charge is 0.492 e. The first-order valence-corrected chi connectivity index (χ1v) is 11.1. The molecule has 1 N–H and O–H groups in total. The average Bonchev–Trinajstić information content (AvgIpc) is 2.69. The average molecular weight is 444 g/mol. The maximum atomic E-state index is 12.2. The second-order valence-corrected chi connectivity index (χ2v) is 9.19. The Morgan fingerprint density at radius 1 is 0.656 bits per heavy atom. The van der Waals surface area contributed by atoms with Gasteiger partial charge in [-0.3, -0.25) is 19.2 Å². The molecule has 0 aromatic heterocycles. The SMILES string of the molecule is CNC1=C(C(C)C)C(=O)C(C(C)C)=CC1=O.COC1=C(C(C)C)C(=O)C(C(C)C)=CC1=O. The van der Waals surface area contributed by atoms with E-state index < -0.39 is 0 Å². The molecule has 176 valence electrons. The Kier molecular flexibility index (Phi) is 9.55. The van der Waals surface area contributed by atoms with Gasteiger partial charge in [-0.1, -0.05) is 55.4 Å². The normalized spacial score (nSPS) is 17.3. The van der Waals surface area contributed by atoms with Crippen LogP contribution < -0.4 is 5.32 Å². The fourth-order valence-corrected chi connectivity index (χ4v) is 3.75. The van der Waals surface area contributed by atoms with Gasteiger partial charge in [-0.25, -0.2) is 0 Å². The van der Waals surface area contributed by atoms with Crippen molar-refractivity contribution in [3.8, 4) is 0 Å². The van der Waals surface area contributed by atoms with Gasteiger partial charge in [-0.15, -0.1) is 0 Å². The van der Waals surface area contributed by atoms with Crippen LogP contribution in [0.1, 0.15) is 55.4 Å². The van der Waals surface area contributed by atoms with E-state index in [-0.39, 0.29) is 52.6 Å². The van der Waals surface area contributed by atoms with E-state index in [1.807, 2.05) is 55.4 Å². The molecule has 0 amide bonds. The van der Waals surface area contributed by atoms with Crippen molar-refractivity contribution in [2.24, 2.45) is 23.7 Å². The van der Waals surface area contributed by atoms with Crippen LogP contribution in [0.5, 0.6) is 0 Å². The van der Waals surface area contributed by atoms with E-state index in [9.17, 15) is 19.2 Å². The summed E-state index contributed by atoms with van der Waals surface area (Å²) >= 11 is 0. The third-order valence-corrected chi connectivity index (χ3v) is 5.42. The lowest BCUT2D eigenvalue weighted by Gasteiger charge is -2.22. The van der Waals surface area contributed by atoms with Crippen molar-refractivity contribution in [1.82, 2.24) is 5.32 Å². The molecule has 6 heteroatoms. The van der Waals surface area contributed by atoms with Gasteiger partial charge in [0.05, 0.1) is 12.8 Å². The third-order valence-electron chi connectivity index (χ3n) is 5.42. The number of Topliss-reactive ketones (excluding diaryl/α,β-unsaturated/α-hetero) is 2.